The second kappa shape index (κ2) is 6.49. The van der Waals surface area contributed by atoms with Gasteiger partial charge in [-0.1, -0.05) is 29.0 Å². The average Bonchev–Trinajstić information content (AvgIpc) is 2.98. The van der Waals surface area contributed by atoms with Crippen LogP contribution in [-0.2, 0) is 0 Å². The van der Waals surface area contributed by atoms with Crippen molar-refractivity contribution >= 4 is 44.2 Å². The van der Waals surface area contributed by atoms with Gasteiger partial charge in [0.15, 0.2) is 22.5 Å². The van der Waals surface area contributed by atoms with Gasteiger partial charge in [-0.2, -0.15) is 8.78 Å². The lowest BCUT2D eigenvalue weighted by molar-refractivity contribution is 0.101. The SMILES string of the molecule is COc1c(F)c(F)c(C(=O)Nc2nc3c(Cl)cccc3s2)c(F)c1F. The van der Waals surface area contributed by atoms with E-state index in [-0.39, 0.29) is 5.13 Å². The number of halogens is 5. The molecule has 0 aliphatic carbocycles. The number of hydrogen-bond acceptors (Lipinski definition) is 4. The number of ether oxygens (including phenoxy) is 1. The molecule has 10 heteroatoms. The van der Waals surface area contributed by atoms with E-state index in [1.54, 1.807) is 18.2 Å². The number of carbonyl (C=O) groups is 1. The van der Waals surface area contributed by atoms with Crippen molar-refractivity contribution in [3.8, 4) is 5.75 Å². The van der Waals surface area contributed by atoms with E-state index in [4.69, 9.17) is 11.6 Å². The Kier molecular flexibility index (Phi) is 4.53. The summed E-state index contributed by atoms with van der Waals surface area (Å²) in [4.78, 5) is 16.1. The minimum atomic E-state index is -1.87. The van der Waals surface area contributed by atoms with Gasteiger partial charge in [0, 0.05) is 0 Å². The van der Waals surface area contributed by atoms with Gasteiger partial charge in [0.05, 0.1) is 16.8 Å². The smallest absolute Gasteiger partial charge is 0.263 e. The molecule has 3 aromatic rings. The van der Waals surface area contributed by atoms with E-state index in [1.807, 2.05) is 0 Å². The number of rotatable bonds is 3. The van der Waals surface area contributed by atoms with Crippen molar-refractivity contribution in [2.45, 2.75) is 0 Å². The molecule has 0 saturated heterocycles. The number of benzene rings is 2. The van der Waals surface area contributed by atoms with Gasteiger partial charge in [-0.15, -0.1) is 0 Å². The third-order valence-corrected chi connectivity index (χ3v) is 4.49. The summed E-state index contributed by atoms with van der Waals surface area (Å²) >= 11 is 6.93. The van der Waals surface area contributed by atoms with Gasteiger partial charge in [-0.25, -0.2) is 13.8 Å². The number of carbonyl (C=O) groups excluding carboxylic acids is 1. The van der Waals surface area contributed by atoms with E-state index >= 15 is 0 Å². The maximum atomic E-state index is 14.0. The van der Waals surface area contributed by atoms with Crippen molar-refractivity contribution in [2.24, 2.45) is 0 Å². The van der Waals surface area contributed by atoms with E-state index in [0.29, 0.717) is 15.2 Å². The molecule has 25 heavy (non-hydrogen) atoms. The summed E-state index contributed by atoms with van der Waals surface area (Å²) in [6.07, 6.45) is 0. The Bertz CT molecular complexity index is 980. The highest BCUT2D eigenvalue weighted by Crippen LogP contribution is 2.33. The van der Waals surface area contributed by atoms with Crippen molar-refractivity contribution in [1.29, 1.82) is 0 Å². The highest BCUT2D eigenvalue weighted by atomic mass is 35.5. The Morgan fingerprint density at radius 1 is 1.16 bits per heavy atom. The van der Waals surface area contributed by atoms with Crippen molar-refractivity contribution in [3.05, 3.63) is 52.1 Å². The number of anilines is 1. The molecule has 4 nitrogen and oxygen atoms in total. The van der Waals surface area contributed by atoms with Gasteiger partial charge in [0.1, 0.15) is 11.1 Å². The summed E-state index contributed by atoms with van der Waals surface area (Å²) in [5, 5.41) is 2.38. The molecule has 0 aliphatic heterocycles. The van der Waals surface area contributed by atoms with Crippen molar-refractivity contribution in [2.75, 3.05) is 12.4 Å². The van der Waals surface area contributed by atoms with Crippen LogP contribution in [0.5, 0.6) is 5.75 Å². The van der Waals surface area contributed by atoms with Crippen LogP contribution in [-0.4, -0.2) is 18.0 Å². The van der Waals surface area contributed by atoms with E-state index < -0.39 is 40.5 Å². The first-order chi connectivity index (χ1) is 11.8. The zero-order chi connectivity index (χ0) is 18.3. The predicted molar refractivity (Wildman–Crippen MR) is 85.4 cm³/mol. The Balaban J connectivity index is 2.02. The van der Waals surface area contributed by atoms with E-state index in [9.17, 15) is 22.4 Å². The molecule has 3 rings (SSSR count). The summed E-state index contributed by atoms with van der Waals surface area (Å²) in [5.74, 6) is -10.00. The largest absolute Gasteiger partial charge is 0.491 e. The zero-order valence-corrected chi connectivity index (χ0v) is 13.9. The minimum Gasteiger partial charge on any atom is -0.491 e. The summed E-state index contributed by atoms with van der Waals surface area (Å²) in [5.41, 5.74) is -1.04. The standard InChI is InChI=1S/C15H7ClF4N2O2S/c1-24-13-10(19)8(17)7(9(18)11(13)20)14(23)22-15-21-12-5(16)3-2-4-6(12)25-15/h2-4H,1H3,(H,21,22,23). The Morgan fingerprint density at radius 2 is 1.80 bits per heavy atom. The molecular weight excluding hydrogens is 384 g/mol. The molecule has 0 fully saturated rings. The molecule has 0 bridgehead atoms. The topological polar surface area (TPSA) is 51.2 Å². The number of nitrogens with zero attached hydrogens (tertiary/aromatic N) is 1. The number of fused-ring (bicyclic) bond motifs is 1. The predicted octanol–water partition coefficient (Wildman–Crippen LogP) is 4.77. The second-order valence-corrected chi connectivity index (χ2v) is 6.16. The molecule has 1 aromatic heterocycles. The molecule has 1 N–H and O–H groups in total. The highest BCUT2D eigenvalue weighted by molar-refractivity contribution is 7.22. The van der Waals surface area contributed by atoms with Crippen LogP contribution < -0.4 is 10.1 Å². The average molecular weight is 391 g/mol. The molecule has 0 saturated carbocycles. The van der Waals surface area contributed by atoms with Crippen molar-refractivity contribution < 1.29 is 27.1 Å². The van der Waals surface area contributed by atoms with Gasteiger partial charge in [-0.05, 0) is 12.1 Å². The molecule has 0 atom stereocenters. The molecule has 130 valence electrons. The summed E-state index contributed by atoms with van der Waals surface area (Å²) in [7, 11) is 0.838. The minimum absolute atomic E-state index is 0.0384. The molecule has 0 spiro atoms. The fourth-order valence-corrected chi connectivity index (χ4v) is 3.28. The quantitative estimate of drug-likeness (QED) is 0.518. The van der Waals surface area contributed by atoms with Crippen LogP contribution in [0.25, 0.3) is 10.2 Å². The van der Waals surface area contributed by atoms with Gasteiger partial charge in [-0.3, -0.25) is 10.1 Å². The van der Waals surface area contributed by atoms with Crippen molar-refractivity contribution in [3.63, 3.8) is 0 Å². The van der Waals surface area contributed by atoms with Crippen LogP contribution >= 0.6 is 22.9 Å². The molecule has 2 aromatic carbocycles. The zero-order valence-electron chi connectivity index (χ0n) is 12.3. The molecule has 1 amide bonds. The molecule has 1 heterocycles. The van der Waals surface area contributed by atoms with Crippen LogP contribution in [0.15, 0.2) is 18.2 Å². The number of para-hydroxylation sites is 1. The first kappa shape index (κ1) is 17.4. The first-order valence-electron chi connectivity index (χ1n) is 6.61. The normalized spacial score (nSPS) is 11.0. The second-order valence-electron chi connectivity index (χ2n) is 4.72. The number of thiazole rings is 1. The Morgan fingerprint density at radius 3 is 2.36 bits per heavy atom. The molecule has 0 unspecified atom stereocenters. The van der Waals surface area contributed by atoms with Gasteiger partial charge in [0.2, 0.25) is 11.6 Å². The lowest BCUT2D eigenvalue weighted by atomic mass is 10.1. The fourth-order valence-electron chi connectivity index (χ4n) is 2.12. The van der Waals surface area contributed by atoms with Crippen LogP contribution in [0, 0.1) is 23.3 Å². The number of methoxy groups -OCH3 is 1. The monoisotopic (exact) mass is 390 g/mol. The van der Waals surface area contributed by atoms with Gasteiger partial charge < -0.3 is 4.74 Å². The summed E-state index contributed by atoms with van der Waals surface area (Å²) in [6.45, 7) is 0. The highest BCUT2D eigenvalue weighted by Gasteiger charge is 2.30. The van der Waals surface area contributed by atoms with Crippen LogP contribution in [0.1, 0.15) is 10.4 Å². The Labute approximate surface area is 147 Å². The van der Waals surface area contributed by atoms with Crippen LogP contribution in [0.4, 0.5) is 22.7 Å². The molecule has 0 radical (unpaired) electrons. The number of nitrogens with one attached hydrogen (secondary N) is 1. The fraction of sp³-hybridized carbons (Fsp3) is 0.0667. The molecule has 0 aliphatic rings. The maximum Gasteiger partial charge on any atom is 0.263 e. The summed E-state index contributed by atoms with van der Waals surface area (Å²) < 4.78 is 60.2. The lowest BCUT2D eigenvalue weighted by Gasteiger charge is -2.10. The van der Waals surface area contributed by atoms with Crippen molar-refractivity contribution in [1.82, 2.24) is 4.98 Å². The third kappa shape index (κ3) is 2.89. The lowest BCUT2D eigenvalue weighted by Crippen LogP contribution is -2.18. The Hall–Kier alpha value is -2.39. The number of amides is 1. The van der Waals surface area contributed by atoms with E-state index in [2.05, 4.69) is 15.0 Å². The van der Waals surface area contributed by atoms with E-state index in [1.165, 1.54) is 0 Å². The van der Waals surface area contributed by atoms with Gasteiger partial charge >= 0.3 is 0 Å². The van der Waals surface area contributed by atoms with Crippen LogP contribution in [0.3, 0.4) is 0 Å². The van der Waals surface area contributed by atoms with Crippen LogP contribution in [0.2, 0.25) is 5.02 Å². The van der Waals surface area contributed by atoms with E-state index in [0.717, 1.165) is 18.4 Å². The number of aromatic nitrogens is 1. The molecular formula is C15H7ClF4N2O2S. The maximum absolute atomic E-state index is 14.0. The third-order valence-electron chi connectivity index (χ3n) is 3.24. The summed E-state index contributed by atoms with van der Waals surface area (Å²) in [6, 6.07) is 4.90. The number of hydrogen-bond donors (Lipinski definition) is 1. The first-order valence-corrected chi connectivity index (χ1v) is 7.81. The van der Waals surface area contributed by atoms with Gasteiger partial charge in [0.25, 0.3) is 5.91 Å².